The number of aryl methyl sites for hydroxylation is 2. The van der Waals surface area contributed by atoms with Crippen molar-refractivity contribution in [1.29, 1.82) is 0 Å². The van der Waals surface area contributed by atoms with Crippen LogP contribution in [0.25, 0.3) is 5.78 Å². The Morgan fingerprint density at radius 1 is 1.33 bits per heavy atom. The van der Waals surface area contributed by atoms with Crippen molar-refractivity contribution in [2.24, 2.45) is 0 Å². The van der Waals surface area contributed by atoms with Crippen LogP contribution in [0.4, 0.5) is 0 Å². The number of amides is 1. The van der Waals surface area contributed by atoms with E-state index in [4.69, 9.17) is 0 Å². The van der Waals surface area contributed by atoms with E-state index >= 15 is 0 Å². The van der Waals surface area contributed by atoms with Gasteiger partial charge in [0, 0.05) is 24.5 Å². The fourth-order valence-electron chi connectivity index (χ4n) is 1.64. The molecule has 0 aliphatic heterocycles. The molecule has 96 valence electrons. The van der Waals surface area contributed by atoms with Gasteiger partial charge in [-0.05, 0) is 27.0 Å². The number of likely N-dealkylation sites (N-methyl/N-ethyl adjacent to an activating group) is 1. The molecule has 7 heteroatoms. The molecule has 0 bridgehead atoms. The number of carbonyl (C=O) groups excluding carboxylic acids is 1. The molecule has 0 radical (unpaired) electrons. The van der Waals surface area contributed by atoms with Crippen molar-refractivity contribution in [2.75, 3.05) is 20.1 Å². The molecule has 18 heavy (non-hydrogen) atoms. The zero-order valence-corrected chi connectivity index (χ0v) is 10.7. The monoisotopic (exact) mass is 248 g/mol. The normalized spacial score (nSPS) is 10.8. The van der Waals surface area contributed by atoms with Gasteiger partial charge in [0.1, 0.15) is 0 Å². The van der Waals surface area contributed by atoms with Crippen LogP contribution >= 0.6 is 0 Å². The predicted octanol–water partition coefficient (Wildman–Crippen LogP) is -0.310. The van der Waals surface area contributed by atoms with Crippen LogP contribution in [0.1, 0.15) is 22.0 Å². The molecule has 2 N–H and O–H groups in total. The van der Waals surface area contributed by atoms with Crippen molar-refractivity contribution in [1.82, 2.24) is 30.2 Å². The van der Waals surface area contributed by atoms with E-state index in [9.17, 15) is 4.79 Å². The first-order chi connectivity index (χ1) is 8.61. The zero-order valence-electron chi connectivity index (χ0n) is 10.7. The maximum absolute atomic E-state index is 11.8. The summed E-state index contributed by atoms with van der Waals surface area (Å²) in [6.07, 6.45) is 0. The van der Waals surface area contributed by atoms with E-state index in [1.807, 2.05) is 27.0 Å². The SMILES string of the molecule is CNCCNC(=O)c1nc2nc(C)cc(C)n2n1. The first-order valence-electron chi connectivity index (χ1n) is 5.75. The van der Waals surface area contributed by atoms with Crippen molar-refractivity contribution in [3.05, 3.63) is 23.3 Å². The van der Waals surface area contributed by atoms with E-state index in [2.05, 4.69) is 25.7 Å². The minimum Gasteiger partial charge on any atom is -0.348 e. The van der Waals surface area contributed by atoms with Gasteiger partial charge in [-0.3, -0.25) is 4.79 Å². The predicted molar refractivity (Wildman–Crippen MR) is 66.5 cm³/mol. The molecule has 2 aromatic heterocycles. The highest BCUT2D eigenvalue weighted by atomic mass is 16.2. The van der Waals surface area contributed by atoms with Gasteiger partial charge < -0.3 is 10.6 Å². The van der Waals surface area contributed by atoms with E-state index < -0.39 is 0 Å². The Morgan fingerprint density at radius 2 is 2.11 bits per heavy atom. The van der Waals surface area contributed by atoms with Crippen LogP contribution in [0.3, 0.4) is 0 Å². The van der Waals surface area contributed by atoms with Gasteiger partial charge >= 0.3 is 0 Å². The maximum atomic E-state index is 11.8. The van der Waals surface area contributed by atoms with Crippen LogP contribution in [-0.4, -0.2) is 45.6 Å². The summed E-state index contributed by atoms with van der Waals surface area (Å²) in [6, 6.07) is 1.89. The third kappa shape index (κ3) is 2.45. The Balaban J connectivity index is 2.24. The summed E-state index contributed by atoms with van der Waals surface area (Å²) in [5.41, 5.74) is 1.76. The van der Waals surface area contributed by atoms with Crippen molar-refractivity contribution in [3.63, 3.8) is 0 Å². The summed E-state index contributed by atoms with van der Waals surface area (Å²) in [5.74, 6) is 0.311. The smallest absolute Gasteiger partial charge is 0.291 e. The molecule has 0 spiro atoms. The van der Waals surface area contributed by atoms with Gasteiger partial charge in [-0.1, -0.05) is 0 Å². The number of hydrogen-bond donors (Lipinski definition) is 2. The van der Waals surface area contributed by atoms with Crippen LogP contribution < -0.4 is 10.6 Å². The topological polar surface area (TPSA) is 84.2 Å². The number of carbonyl (C=O) groups is 1. The summed E-state index contributed by atoms with van der Waals surface area (Å²) in [4.78, 5) is 20.1. The van der Waals surface area contributed by atoms with Gasteiger partial charge in [0.2, 0.25) is 5.82 Å². The highest BCUT2D eigenvalue weighted by molar-refractivity contribution is 5.90. The Morgan fingerprint density at radius 3 is 2.83 bits per heavy atom. The van der Waals surface area contributed by atoms with Gasteiger partial charge in [0.05, 0.1) is 0 Å². The minimum atomic E-state index is -0.284. The van der Waals surface area contributed by atoms with Crippen LogP contribution in [-0.2, 0) is 0 Å². The Labute approximate surface area is 105 Å². The lowest BCUT2D eigenvalue weighted by Crippen LogP contribution is -2.31. The molecule has 0 aromatic carbocycles. The maximum Gasteiger partial charge on any atom is 0.291 e. The van der Waals surface area contributed by atoms with Gasteiger partial charge in [-0.2, -0.15) is 4.98 Å². The fourth-order valence-corrected chi connectivity index (χ4v) is 1.64. The summed E-state index contributed by atoms with van der Waals surface area (Å²) in [6.45, 7) is 5.03. The number of nitrogens with one attached hydrogen (secondary N) is 2. The molecule has 2 aromatic rings. The fraction of sp³-hybridized carbons (Fsp3) is 0.455. The lowest BCUT2D eigenvalue weighted by molar-refractivity contribution is 0.0944. The van der Waals surface area contributed by atoms with Crippen LogP contribution in [0.2, 0.25) is 0 Å². The van der Waals surface area contributed by atoms with Gasteiger partial charge in [0.25, 0.3) is 11.7 Å². The molecule has 0 saturated heterocycles. The Hall–Kier alpha value is -2.02. The largest absolute Gasteiger partial charge is 0.348 e. The molecule has 0 aliphatic rings. The summed E-state index contributed by atoms with van der Waals surface area (Å²) in [7, 11) is 1.82. The first kappa shape index (κ1) is 12.4. The highest BCUT2D eigenvalue weighted by Gasteiger charge is 2.14. The molecule has 0 aliphatic carbocycles. The molecule has 0 unspecified atom stereocenters. The molecule has 7 nitrogen and oxygen atoms in total. The van der Waals surface area contributed by atoms with E-state index in [1.54, 1.807) is 4.52 Å². The summed E-state index contributed by atoms with van der Waals surface area (Å²) < 4.78 is 1.57. The molecular formula is C11H16N6O. The van der Waals surface area contributed by atoms with Crippen molar-refractivity contribution in [3.8, 4) is 0 Å². The summed E-state index contributed by atoms with van der Waals surface area (Å²) in [5, 5.41) is 9.81. The van der Waals surface area contributed by atoms with Crippen LogP contribution in [0, 0.1) is 13.8 Å². The van der Waals surface area contributed by atoms with Crippen molar-refractivity contribution < 1.29 is 4.79 Å². The molecule has 2 rings (SSSR count). The summed E-state index contributed by atoms with van der Waals surface area (Å²) >= 11 is 0. The van der Waals surface area contributed by atoms with Crippen molar-refractivity contribution in [2.45, 2.75) is 13.8 Å². The lowest BCUT2D eigenvalue weighted by Gasteiger charge is -2.00. The second kappa shape index (κ2) is 5.09. The van der Waals surface area contributed by atoms with Crippen LogP contribution in [0.5, 0.6) is 0 Å². The molecule has 0 fully saturated rings. The molecule has 2 heterocycles. The van der Waals surface area contributed by atoms with Gasteiger partial charge in [0.15, 0.2) is 0 Å². The molecule has 1 amide bonds. The standard InChI is InChI=1S/C11H16N6O/c1-7-6-8(2)17-11(14-7)15-9(16-17)10(18)13-5-4-12-3/h6,12H,4-5H2,1-3H3,(H,13,18). The van der Waals surface area contributed by atoms with Crippen LogP contribution in [0.15, 0.2) is 6.07 Å². The average Bonchev–Trinajstić information content (AvgIpc) is 2.73. The van der Waals surface area contributed by atoms with E-state index in [-0.39, 0.29) is 11.7 Å². The average molecular weight is 248 g/mol. The first-order valence-corrected chi connectivity index (χ1v) is 5.75. The third-order valence-electron chi connectivity index (χ3n) is 2.48. The van der Waals surface area contributed by atoms with Crippen molar-refractivity contribution >= 4 is 11.7 Å². The Kier molecular flexibility index (Phi) is 3.52. The number of fused-ring (bicyclic) bond motifs is 1. The highest BCUT2D eigenvalue weighted by Crippen LogP contribution is 2.05. The Bertz CT molecular complexity index is 576. The number of nitrogens with zero attached hydrogens (tertiary/aromatic N) is 4. The second-order valence-electron chi connectivity index (χ2n) is 4.05. The van der Waals surface area contributed by atoms with E-state index in [0.29, 0.717) is 18.9 Å². The molecule has 0 saturated carbocycles. The third-order valence-corrected chi connectivity index (χ3v) is 2.48. The number of aromatic nitrogens is 4. The molecule has 0 atom stereocenters. The molecular weight excluding hydrogens is 232 g/mol. The quantitative estimate of drug-likeness (QED) is 0.725. The van der Waals surface area contributed by atoms with E-state index in [1.165, 1.54) is 0 Å². The van der Waals surface area contributed by atoms with Gasteiger partial charge in [-0.15, -0.1) is 5.10 Å². The zero-order chi connectivity index (χ0) is 13.1. The lowest BCUT2D eigenvalue weighted by atomic mass is 10.4. The number of hydrogen-bond acceptors (Lipinski definition) is 5. The van der Waals surface area contributed by atoms with E-state index in [0.717, 1.165) is 11.4 Å². The number of rotatable bonds is 4. The van der Waals surface area contributed by atoms with Gasteiger partial charge in [-0.25, -0.2) is 9.50 Å². The second-order valence-corrected chi connectivity index (χ2v) is 4.05. The minimum absolute atomic E-state index is 0.146.